The van der Waals surface area contributed by atoms with Crippen molar-refractivity contribution in [2.45, 2.75) is 6.92 Å². The van der Waals surface area contributed by atoms with E-state index < -0.39 is 4.92 Å². The average Bonchev–Trinajstić information content (AvgIpc) is 3.22. The smallest absolute Gasteiger partial charge is 0.280 e. The van der Waals surface area contributed by atoms with Crippen LogP contribution in [0.25, 0.3) is 42.9 Å². The van der Waals surface area contributed by atoms with Gasteiger partial charge in [0.1, 0.15) is 16.5 Å². The summed E-state index contributed by atoms with van der Waals surface area (Å²) in [5.74, 6) is 0.349. The van der Waals surface area contributed by atoms with E-state index in [0.717, 1.165) is 5.56 Å². The van der Waals surface area contributed by atoms with Gasteiger partial charge >= 0.3 is 0 Å². The Labute approximate surface area is 202 Å². The van der Waals surface area contributed by atoms with Gasteiger partial charge in [-0.2, -0.15) is 5.26 Å². The zero-order valence-corrected chi connectivity index (χ0v) is 19.2. The summed E-state index contributed by atoms with van der Waals surface area (Å²) in [4.78, 5) is 25.3. The Bertz CT molecular complexity index is 1630. The second kappa shape index (κ2) is 8.67. The van der Waals surface area contributed by atoms with Crippen LogP contribution < -0.4 is 4.74 Å². The quantitative estimate of drug-likeness (QED) is 0.160. The number of thiophene rings is 1. The molecule has 8 nitrogen and oxygen atoms in total. The molecule has 0 bridgehead atoms. The zero-order valence-electron chi connectivity index (χ0n) is 17.7. The van der Waals surface area contributed by atoms with Gasteiger partial charge < -0.3 is 4.74 Å². The van der Waals surface area contributed by atoms with Crippen LogP contribution in [0.3, 0.4) is 0 Å². The molecule has 34 heavy (non-hydrogen) atoms. The number of nitro groups is 1. The molecule has 0 radical (unpaired) electrons. The molecule has 0 fully saturated rings. The average molecular weight is 488 g/mol. The summed E-state index contributed by atoms with van der Waals surface area (Å²) in [5.41, 5.74) is 2.27. The summed E-state index contributed by atoms with van der Waals surface area (Å²) in [5, 5.41) is 22.4. The zero-order chi connectivity index (χ0) is 23.8. The molecule has 0 aliphatic carbocycles. The van der Waals surface area contributed by atoms with E-state index in [2.05, 4.69) is 16.0 Å². The SMILES string of the molecule is CCOc1nc2sc3c(Cl)nc(-c4ccccc4[N+](=O)[O-])nc3c2c(-c2ccccc2)c1C#N. The van der Waals surface area contributed by atoms with Crippen molar-refractivity contribution >= 4 is 49.1 Å². The lowest BCUT2D eigenvalue weighted by Crippen LogP contribution is -2.00. The van der Waals surface area contributed by atoms with Crippen molar-refractivity contribution < 1.29 is 9.66 Å². The van der Waals surface area contributed by atoms with Gasteiger partial charge in [-0.05, 0) is 18.6 Å². The Morgan fingerprint density at radius 2 is 1.85 bits per heavy atom. The molecule has 0 amide bonds. The monoisotopic (exact) mass is 487 g/mol. The number of hydrogen-bond acceptors (Lipinski definition) is 8. The Hall–Kier alpha value is -4.13. The number of hydrogen-bond donors (Lipinski definition) is 0. The number of halogens is 1. The number of para-hydroxylation sites is 1. The van der Waals surface area contributed by atoms with Gasteiger partial charge in [0, 0.05) is 17.0 Å². The molecule has 10 heteroatoms. The fourth-order valence-corrected chi connectivity index (χ4v) is 5.08. The third-order valence-corrected chi connectivity index (χ3v) is 6.65. The molecule has 5 aromatic rings. The minimum Gasteiger partial charge on any atom is -0.477 e. The van der Waals surface area contributed by atoms with Gasteiger partial charge in [-0.25, -0.2) is 15.0 Å². The first-order valence-electron chi connectivity index (χ1n) is 10.2. The molecule has 0 saturated carbocycles. The summed E-state index contributed by atoms with van der Waals surface area (Å²) in [7, 11) is 0. The normalized spacial score (nSPS) is 11.0. The van der Waals surface area contributed by atoms with Crippen LogP contribution in [0, 0.1) is 21.4 Å². The van der Waals surface area contributed by atoms with Gasteiger partial charge in [-0.15, -0.1) is 11.3 Å². The highest BCUT2D eigenvalue weighted by Crippen LogP contribution is 2.45. The molecule has 3 heterocycles. The third kappa shape index (κ3) is 3.50. The van der Waals surface area contributed by atoms with Crippen LogP contribution in [0.15, 0.2) is 54.6 Å². The number of nitrogens with zero attached hydrogens (tertiary/aromatic N) is 5. The Morgan fingerprint density at radius 1 is 1.12 bits per heavy atom. The maximum Gasteiger partial charge on any atom is 0.280 e. The minimum atomic E-state index is -0.484. The van der Waals surface area contributed by atoms with Gasteiger partial charge in [0.25, 0.3) is 5.69 Å². The van der Waals surface area contributed by atoms with Gasteiger partial charge in [0.2, 0.25) is 5.88 Å². The van der Waals surface area contributed by atoms with E-state index in [9.17, 15) is 15.4 Å². The summed E-state index contributed by atoms with van der Waals surface area (Å²) < 4.78 is 6.26. The molecular weight excluding hydrogens is 474 g/mol. The highest BCUT2D eigenvalue weighted by Gasteiger charge is 2.25. The van der Waals surface area contributed by atoms with Gasteiger partial charge in [0.05, 0.1) is 27.3 Å². The molecule has 0 N–H and O–H groups in total. The summed E-state index contributed by atoms with van der Waals surface area (Å²) >= 11 is 7.83. The molecule has 3 aromatic heterocycles. The molecule has 166 valence electrons. The molecular formula is C24H14ClN5O3S. The maximum absolute atomic E-state index is 11.6. The van der Waals surface area contributed by atoms with E-state index in [1.54, 1.807) is 18.2 Å². The van der Waals surface area contributed by atoms with Crippen LogP contribution >= 0.6 is 22.9 Å². The molecule has 5 rings (SSSR count). The predicted molar refractivity (Wildman–Crippen MR) is 131 cm³/mol. The van der Waals surface area contributed by atoms with E-state index >= 15 is 0 Å². The summed E-state index contributed by atoms with van der Waals surface area (Å²) in [6, 6.07) is 17.9. The minimum absolute atomic E-state index is 0.121. The highest BCUT2D eigenvalue weighted by molar-refractivity contribution is 7.26. The molecule has 0 aliphatic heterocycles. The largest absolute Gasteiger partial charge is 0.477 e. The molecule has 0 saturated heterocycles. The second-order valence-corrected chi connectivity index (χ2v) is 8.51. The fraction of sp³-hybridized carbons (Fsp3) is 0.0833. The molecule has 0 aliphatic rings. The van der Waals surface area contributed by atoms with Crippen LogP contribution in [0.4, 0.5) is 5.69 Å². The van der Waals surface area contributed by atoms with Gasteiger partial charge in [0.15, 0.2) is 11.0 Å². The van der Waals surface area contributed by atoms with Crippen LogP contribution in [0.5, 0.6) is 5.88 Å². The number of nitro benzene ring substituents is 1. The van der Waals surface area contributed by atoms with Crippen molar-refractivity contribution in [2.75, 3.05) is 6.61 Å². The number of nitriles is 1. The first kappa shape index (κ1) is 21.7. The van der Waals surface area contributed by atoms with E-state index in [0.29, 0.717) is 32.6 Å². The van der Waals surface area contributed by atoms with E-state index in [1.807, 2.05) is 37.3 Å². The first-order valence-corrected chi connectivity index (χ1v) is 11.4. The van der Waals surface area contributed by atoms with Crippen molar-refractivity contribution in [1.82, 2.24) is 15.0 Å². The molecule has 0 spiro atoms. The second-order valence-electron chi connectivity index (χ2n) is 7.15. The van der Waals surface area contributed by atoms with Crippen molar-refractivity contribution in [3.63, 3.8) is 0 Å². The number of ether oxygens (including phenoxy) is 1. The number of fused-ring (bicyclic) bond motifs is 3. The standard InChI is InChI=1S/C24H14ClN5O3S/c1-2-33-23-15(12-26)17(13-8-4-3-5-9-13)18-19-20(34-24(18)29-23)21(25)28-22(27-19)14-10-6-7-11-16(14)30(31)32/h3-11H,2H2,1H3. The Balaban J connectivity index is 1.93. The van der Waals surface area contributed by atoms with Crippen LogP contribution in [-0.4, -0.2) is 26.5 Å². The molecule has 0 atom stereocenters. The topological polar surface area (TPSA) is 115 Å². The van der Waals surface area contributed by atoms with Gasteiger partial charge in [-0.3, -0.25) is 10.1 Å². The number of rotatable bonds is 5. The van der Waals surface area contributed by atoms with Crippen molar-refractivity contribution in [3.8, 4) is 34.5 Å². The van der Waals surface area contributed by atoms with E-state index in [1.165, 1.54) is 17.4 Å². The summed E-state index contributed by atoms with van der Waals surface area (Å²) in [6.45, 7) is 2.16. The Kier molecular flexibility index (Phi) is 5.53. The van der Waals surface area contributed by atoms with Crippen LogP contribution in [0.1, 0.15) is 12.5 Å². The maximum atomic E-state index is 11.6. The van der Waals surface area contributed by atoms with Crippen LogP contribution in [0.2, 0.25) is 5.15 Å². The lowest BCUT2D eigenvalue weighted by molar-refractivity contribution is -0.384. The first-order chi connectivity index (χ1) is 16.5. The predicted octanol–water partition coefficient (Wildman–Crippen LogP) is 6.41. The van der Waals surface area contributed by atoms with Crippen molar-refractivity contribution in [3.05, 3.63) is 75.4 Å². The molecule has 0 unspecified atom stereocenters. The lowest BCUT2D eigenvalue weighted by atomic mass is 9.98. The van der Waals surface area contributed by atoms with E-state index in [4.69, 9.17) is 21.3 Å². The van der Waals surface area contributed by atoms with Crippen molar-refractivity contribution in [2.24, 2.45) is 0 Å². The van der Waals surface area contributed by atoms with Crippen molar-refractivity contribution in [1.29, 1.82) is 5.26 Å². The van der Waals surface area contributed by atoms with Crippen LogP contribution in [-0.2, 0) is 0 Å². The number of aromatic nitrogens is 3. The number of pyridine rings is 1. The number of benzene rings is 2. The fourth-order valence-electron chi connectivity index (χ4n) is 3.80. The molecule has 2 aromatic carbocycles. The van der Waals surface area contributed by atoms with Gasteiger partial charge in [-0.1, -0.05) is 54.1 Å². The highest BCUT2D eigenvalue weighted by atomic mass is 35.5. The van der Waals surface area contributed by atoms with E-state index in [-0.39, 0.29) is 33.7 Å². The summed E-state index contributed by atoms with van der Waals surface area (Å²) in [6.07, 6.45) is 0. The Morgan fingerprint density at radius 3 is 2.56 bits per heavy atom. The lowest BCUT2D eigenvalue weighted by Gasteiger charge is -2.11. The third-order valence-electron chi connectivity index (χ3n) is 5.19.